The molecule has 0 atom stereocenters. The maximum Gasteiger partial charge on any atom is 0.223 e. The monoisotopic (exact) mass is 232 g/mol. The van der Waals surface area contributed by atoms with E-state index >= 15 is 0 Å². The maximum atomic E-state index is 4.62. The molecule has 1 aliphatic heterocycles. The minimum absolute atomic E-state index is 0.579. The lowest BCUT2D eigenvalue weighted by atomic mass is 9.96. The van der Waals surface area contributed by atoms with E-state index in [1.54, 1.807) is 0 Å². The lowest BCUT2D eigenvalue weighted by Crippen LogP contribution is -2.24. The Morgan fingerprint density at radius 3 is 2.76 bits per heavy atom. The van der Waals surface area contributed by atoms with Gasteiger partial charge in [-0.05, 0) is 19.8 Å². The van der Waals surface area contributed by atoms with E-state index in [9.17, 15) is 0 Å². The Bertz CT molecular complexity index is 410. The van der Waals surface area contributed by atoms with Crippen LogP contribution in [0.15, 0.2) is 0 Å². The summed E-state index contributed by atoms with van der Waals surface area (Å²) in [5, 5.41) is 6.83. The highest BCUT2D eigenvalue weighted by molar-refractivity contribution is 5.36. The number of hydrogen-bond acceptors (Lipinski definition) is 4. The molecule has 0 unspecified atom stereocenters. The molecule has 0 bridgehead atoms. The molecule has 1 aromatic heterocycles. The fourth-order valence-corrected chi connectivity index (χ4v) is 2.83. The third-order valence-corrected chi connectivity index (χ3v) is 3.83. The minimum Gasteiger partial charge on any atom is -0.351 e. The van der Waals surface area contributed by atoms with Crippen molar-refractivity contribution in [3.05, 3.63) is 17.0 Å². The second kappa shape index (κ2) is 4.61. The average molecular weight is 232 g/mol. The van der Waals surface area contributed by atoms with Crippen LogP contribution in [-0.4, -0.2) is 16.0 Å². The van der Waals surface area contributed by atoms with Gasteiger partial charge in [0.25, 0.3) is 0 Å². The molecule has 1 fully saturated rings. The predicted molar refractivity (Wildman–Crippen MR) is 67.8 cm³/mol. The van der Waals surface area contributed by atoms with E-state index in [0.717, 1.165) is 24.7 Å². The molecule has 1 aliphatic carbocycles. The molecule has 2 aliphatic rings. The lowest BCUT2D eigenvalue weighted by Gasteiger charge is -2.23. The van der Waals surface area contributed by atoms with Crippen LogP contribution in [0.4, 0.5) is 5.95 Å². The van der Waals surface area contributed by atoms with Crippen LogP contribution in [-0.2, 0) is 13.1 Å². The van der Waals surface area contributed by atoms with Crippen LogP contribution in [0.3, 0.4) is 0 Å². The summed E-state index contributed by atoms with van der Waals surface area (Å²) in [4.78, 5) is 9.20. The van der Waals surface area contributed by atoms with E-state index in [4.69, 9.17) is 0 Å². The van der Waals surface area contributed by atoms with Crippen LogP contribution in [0.1, 0.15) is 49.1 Å². The van der Waals surface area contributed by atoms with E-state index in [0.29, 0.717) is 6.04 Å². The SMILES string of the molecule is Cc1nc(NC2CCCCC2)nc2c1CNC2. The molecule has 0 saturated heterocycles. The highest BCUT2D eigenvalue weighted by atomic mass is 15.1. The Labute approximate surface area is 102 Å². The Morgan fingerprint density at radius 1 is 1.12 bits per heavy atom. The second-order valence-corrected chi connectivity index (χ2v) is 5.14. The van der Waals surface area contributed by atoms with Crippen LogP contribution in [0.25, 0.3) is 0 Å². The van der Waals surface area contributed by atoms with Crippen molar-refractivity contribution in [2.75, 3.05) is 5.32 Å². The highest BCUT2D eigenvalue weighted by Crippen LogP contribution is 2.22. The largest absolute Gasteiger partial charge is 0.351 e. The van der Waals surface area contributed by atoms with Crippen molar-refractivity contribution in [3.8, 4) is 0 Å². The standard InChI is InChI=1S/C13H20N4/c1-9-11-7-14-8-12(11)17-13(15-9)16-10-5-3-2-4-6-10/h10,14H,2-8H2,1H3,(H,15,16,17). The predicted octanol–water partition coefficient (Wildman–Crippen LogP) is 2.13. The third kappa shape index (κ3) is 2.27. The molecule has 0 radical (unpaired) electrons. The molecule has 3 rings (SSSR count). The fraction of sp³-hybridized carbons (Fsp3) is 0.692. The van der Waals surface area contributed by atoms with Crippen molar-refractivity contribution in [2.45, 2.75) is 58.2 Å². The first-order valence-corrected chi connectivity index (χ1v) is 6.66. The molecule has 0 amide bonds. The molecular formula is C13H20N4. The molecule has 4 nitrogen and oxygen atoms in total. The lowest BCUT2D eigenvalue weighted by molar-refractivity contribution is 0.460. The fourth-order valence-electron chi connectivity index (χ4n) is 2.83. The van der Waals surface area contributed by atoms with Crippen LogP contribution in [0.5, 0.6) is 0 Å². The van der Waals surface area contributed by atoms with Gasteiger partial charge in [0, 0.05) is 30.4 Å². The Hall–Kier alpha value is -1.16. The first kappa shape index (κ1) is 11.0. The first-order chi connectivity index (χ1) is 8.33. The van der Waals surface area contributed by atoms with Gasteiger partial charge in [-0.25, -0.2) is 9.97 Å². The van der Waals surface area contributed by atoms with Crippen molar-refractivity contribution in [1.29, 1.82) is 0 Å². The van der Waals surface area contributed by atoms with Gasteiger partial charge in [-0.15, -0.1) is 0 Å². The zero-order chi connectivity index (χ0) is 11.7. The van der Waals surface area contributed by atoms with Crippen LogP contribution >= 0.6 is 0 Å². The summed E-state index contributed by atoms with van der Waals surface area (Å²) in [6.07, 6.45) is 6.58. The number of rotatable bonds is 2. The Kier molecular flexibility index (Phi) is 2.97. The van der Waals surface area contributed by atoms with Gasteiger partial charge in [-0.1, -0.05) is 19.3 Å². The van der Waals surface area contributed by atoms with Crippen LogP contribution < -0.4 is 10.6 Å². The van der Waals surface area contributed by atoms with Crippen molar-refractivity contribution in [3.63, 3.8) is 0 Å². The van der Waals surface area contributed by atoms with E-state index < -0.39 is 0 Å². The van der Waals surface area contributed by atoms with Gasteiger partial charge < -0.3 is 10.6 Å². The number of aryl methyl sites for hydroxylation is 1. The summed E-state index contributed by atoms with van der Waals surface area (Å²) in [7, 11) is 0. The third-order valence-electron chi connectivity index (χ3n) is 3.83. The van der Waals surface area contributed by atoms with Crippen LogP contribution in [0.2, 0.25) is 0 Å². The number of hydrogen-bond donors (Lipinski definition) is 2. The topological polar surface area (TPSA) is 49.8 Å². The van der Waals surface area contributed by atoms with Gasteiger partial charge in [0.1, 0.15) is 0 Å². The number of anilines is 1. The molecular weight excluding hydrogens is 212 g/mol. The van der Waals surface area contributed by atoms with Crippen LogP contribution in [0, 0.1) is 6.92 Å². The molecule has 1 aromatic rings. The van der Waals surface area contributed by atoms with Crippen molar-refractivity contribution in [1.82, 2.24) is 15.3 Å². The first-order valence-electron chi connectivity index (χ1n) is 6.66. The smallest absolute Gasteiger partial charge is 0.223 e. The number of aromatic nitrogens is 2. The van der Waals surface area contributed by atoms with Gasteiger partial charge >= 0.3 is 0 Å². The molecule has 2 heterocycles. The zero-order valence-electron chi connectivity index (χ0n) is 10.4. The summed E-state index contributed by atoms with van der Waals surface area (Å²) >= 11 is 0. The van der Waals surface area contributed by atoms with Crippen molar-refractivity contribution >= 4 is 5.95 Å². The van der Waals surface area contributed by atoms with Gasteiger partial charge in [0.15, 0.2) is 0 Å². The normalized spacial score (nSPS) is 20.3. The molecule has 17 heavy (non-hydrogen) atoms. The summed E-state index contributed by atoms with van der Waals surface area (Å²) < 4.78 is 0. The number of nitrogens with one attached hydrogen (secondary N) is 2. The molecule has 0 aromatic carbocycles. The van der Waals surface area contributed by atoms with Gasteiger partial charge in [0.05, 0.1) is 5.69 Å². The van der Waals surface area contributed by atoms with Gasteiger partial charge in [-0.3, -0.25) is 0 Å². The number of fused-ring (bicyclic) bond motifs is 1. The summed E-state index contributed by atoms with van der Waals surface area (Å²) in [6.45, 7) is 3.89. The number of nitrogens with zero attached hydrogens (tertiary/aromatic N) is 2. The van der Waals surface area contributed by atoms with Crippen molar-refractivity contribution in [2.24, 2.45) is 0 Å². The minimum atomic E-state index is 0.579. The Morgan fingerprint density at radius 2 is 1.94 bits per heavy atom. The maximum absolute atomic E-state index is 4.62. The molecule has 4 heteroatoms. The zero-order valence-corrected chi connectivity index (χ0v) is 10.4. The molecule has 0 spiro atoms. The van der Waals surface area contributed by atoms with Gasteiger partial charge in [0.2, 0.25) is 5.95 Å². The van der Waals surface area contributed by atoms with E-state index in [-0.39, 0.29) is 0 Å². The average Bonchev–Trinajstić information content (AvgIpc) is 2.79. The quantitative estimate of drug-likeness (QED) is 0.820. The van der Waals surface area contributed by atoms with E-state index in [1.807, 2.05) is 0 Å². The summed E-state index contributed by atoms with van der Waals surface area (Å²) in [5.41, 5.74) is 3.59. The summed E-state index contributed by atoms with van der Waals surface area (Å²) in [6, 6.07) is 0.579. The second-order valence-electron chi connectivity index (χ2n) is 5.14. The van der Waals surface area contributed by atoms with Crippen molar-refractivity contribution < 1.29 is 0 Å². The van der Waals surface area contributed by atoms with E-state index in [1.165, 1.54) is 43.4 Å². The molecule has 1 saturated carbocycles. The Balaban J connectivity index is 1.76. The molecule has 2 N–H and O–H groups in total. The highest BCUT2D eigenvalue weighted by Gasteiger charge is 2.19. The molecule has 92 valence electrons. The summed E-state index contributed by atoms with van der Waals surface area (Å²) in [5.74, 6) is 0.830. The van der Waals surface area contributed by atoms with E-state index in [2.05, 4.69) is 27.5 Å². The van der Waals surface area contributed by atoms with Gasteiger partial charge in [-0.2, -0.15) is 0 Å².